The van der Waals surface area contributed by atoms with E-state index < -0.39 is 0 Å². The molecule has 0 unspecified atom stereocenters. The Morgan fingerprint density at radius 1 is 1.32 bits per heavy atom. The largest absolute Gasteiger partial charge is 0.326 e. The molecular formula is C16H27N3. The van der Waals surface area contributed by atoms with Gasteiger partial charge in [0.05, 0.1) is 5.69 Å². The van der Waals surface area contributed by atoms with Gasteiger partial charge in [0.1, 0.15) is 5.82 Å². The highest BCUT2D eigenvalue weighted by molar-refractivity contribution is 5.24. The Balaban J connectivity index is 2.09. The van der Waals surface area contributed by atoms with Crippen LogP contribution in [-0.2, 0) is 18.5 Å². The summed E-state index contributed by atoms with van der Waals surface area (Å²) in [5, 5.41) is 3.47. The highest BCUT2D eigenvalue weighted by atomic mass is 15.2. The second kappa shape index (κ2) is 4.93. The summed E-state index contributed by atoms with van der Waals surface area (Å²) in [6, 6.07) is 0. The molecule has 0 bridgehead atoms. The fraction of sp³-hybridized carbons (Fsp3) is 0.812. The maximum Gasteiger partial charge on any atom is 0.112 e. The fourth-order valence-electron chi connectivity index (χ4n) is 3.62. The van der Waals surface area contributed by atoms with Crippen molar-refractivity contribution in [3.05, 3.63) is 17.2 Å². The lowest BCUT2D eigenvalue weighted by molar-refractivity contribution is 0.312. The average Bonchev–Trinajstić information content (AvgIpc) is 3.05. The minimum atomic E-state index is 0.204. The predicted molar refractivity (Wildman–Crippen MR) is 78.5 cm³/mol. The van der Waals surface area contributed by atoms with Crippen LogP contribution >= 0.6 is 0 Å². The van der Waals surface area contributed by atoms with E-state index in [-0.39, 0.29) is 5.54 Å². The minimum Gasteiger partial charge on any atom is -0.326 e. The monoisotopic (exact) mass is 261 g/mol. The summed E-state index contributed by atoms with van der Waals surface area (Å²) in [4.78, 5) is 5.05. The van der Waals surface area contributed by atoms with Crippen LogP contribution in [-0.4, -0.2) is 16.1 Å². The molecule has 0 amide bonds. The Kier molecular flexibility index (Phi) is 3.42. The Morgan fingerprint density at radius 2 is 2.05 bits per heavy atom. The summed E-state index contributed by atoms with van der Waals surface area (Å²) in [7, 11) is 0. The number of imidazole rings is 1. The second-order valence-corrected chi connectivity index (χ2v) is 6.77. The van der Waals surface area contributed by atoms with E-state index in [2.05, 4.69) is 30.7 Å². The van der Waals surface area contributed by atoms with E-state index in [1.165, 1.54) is 49.3 Å². The van der Waals surface area contributed by atoms with Crippen molar-refractivity contribution in [1.82, 2.24) is 14.9 Å². The number of hydrogen-bond acceptors (Lipinski definition) is 2. The molecule has 0 spiro atoms. The average molecular weight is 261 g/mol. The normalized spacial score (nSPS) is 20.8. The van der Waals surface area contributed by atoms with Gasteiger partial charge in [-0.2, -0.15) is 0 Å². The van der Waals surface area contributed by atoms with Gasteiger partial charge in [0.15, 0.2) is 0 Å². The Morgan fingerprint density at radius 3 is 2.74 bits per heavy atom. The maximum absolute atomic E-state index is 5.05. The van der Waals surface area contributed by atoms with Crippen molar-refractivity contribution in [1.29, 1.82) is 0 Å². The molecule has 106 valence electrons. The maximum atomic E-state index is 5.05. The molecule has 1 N–H and O–H groups in total. The molecule has 3 heteroatoms. The van der Waals surface area contributed by atoms with Crippen LogP contribution in [0.1, 0.15) is 76.0 Å². The molecule has 2 heterocycles. The van der Waals surface area contributed by atoms with Crippen LogP contribution in [0.4, 0.5) is 0 Å². The van der Waals surface area contributed by atoms with Crippen LogP contribution in [0.5, 0.6) is 0 Å². The van der Waals surface area contributed by atoms with E-state index in [0.29, 0.717) is 5.92 Å². The van der Waals surface area contributed by atoms with E-state index >= 15 is 0 Å². The van der Waals surface area contributed by atoms with E-state index in [4.69, 9.17) is 4.98 Å². The summed E-state index contributed by atoms with van der Waals surface area (Å²) in [5.41, 5.74) is 3.03. The quantitative estimate of drug-likeness (QED) is 0.904. The smallest absolute Gasteiger partial charge is 0.112 e. The summed E-state index contributed by atoms with van der Waals surface area (Å²) in [6.07, 6.45) is 7.74. The molecule has 1 aliphatic heterocycles. The number of nitrogens with zero attached hydrogens (tertiary/aromatic N) is 2. The van der Waals surface area contributed by atoms with Gasteiger partial charge in [0.25, 0.3) is 0 Å². The van der Waals surface area contributed by atoms with Crippen LogP contribution in [0.2, 0.25) is 0 Å². The molecule has 19 heavy (non-hydrogen) atoms. The van der Waals surface area contributed by atoms with Gasteiger partial charge in [-0.3, -0.25) is 0 Å². The van der Waals surface area contributed by atoms with Crippen molar-refractivity contribution in [3.8, 4) is 0 Å². The summed E-state index contributed by atoms with van der Waals surface area (Å²) in [6.45, 7) is 9.10. The van der Waals surface area contributed by atoms with Gasteiger partial charge in [-0.25, -0.2) is 4.98 Å². The van der Waals surface area contributed by atoms with Crippen LogP contribution in [0.3, 0.4) is 0 Å². The van der Waals surface area contributed by atoms with Crippen LogP contribution in [0, 0.1) is 0 Å². The van der Waals surface area contributed by atoms with Crippen molar-refractivity contribution in [2.24, 2.45) is 0 Å². The fourth-order valence-corrected chi connectivity index (χ4v) is 3.62. The zero-order chi connectivity index (χ0) is 13.5. The molecule has 0 radical (unpaired) electrons. The molecule has 3 nitrogen and oxygen atoms in total. The van der Waals surface area contributed by atoms with Gasteiger partial charge >= 0.3 is 0 Å². The third-order valence-electron chi connectivity index (χ3n) is 5.10. The van der Waals surface area contributed by atoms with Gasteiger partial charge in [-0.1, -0.05) is 19.8 Å². The molecule has 3 rings (SSSR count). The lowest BCUT2D eigenvalue weighted by Crippen LogP contribution is -2.32. The summed E-state index contributed by atoms with van der Waals surface area (Å²) in [5.74, 6) is 2.09. The number of nitrogens with one attached hydrogen (secondary N) is 1. The third kappa shape index (κ3) is 2.22. The molecule has 1 saturated carbocycles. The highest BCUT2D eigenvalue weighted by Crippen LogP contribution is 2.38. The first-order chi connectivity index (χ1) is 9.13. The lowest BCUT2D eigenvalue weighted by Gasteiger charge is -2.32. The van der Waals surface area contributed by atoms with E-state index in [1.54, 1.807) is 0 Å². The number of fused-ring (bicyclic) bond motifs is 1. The van der Waals surface area contributed by atoms with Crippen molar-refractivity contribution in [2.45, 2.75) is 77.3 Å². The number of hydrogen-bond donors (Lipinski definition) is 1. The van der Waals surface area contributed by atoms with Crippen LogP contribution in [0.15, 0.2) is 0 Å². The molecule has 2 aliphatic rings. The van der Waals surface area contributed by atoms with Gasteiger partial charge in [0, 0.05) is 36.7 Å². The molecule has 1 fully saturated rings. The Hall–Kier alpha value is -0.830. The van der Waals surface area contributed by atoms with E-state index in [0.717, 1.165) is 19.5 Å². The van der Waals surface area contributed by atoms with Crippen molar-refractivity contribution < 1.29 is 0 Å². The number of rotatable bonds is 3. The molecular weight excluding hydrogens is 234 g/mol. The topological polar surface area (TPSA) is 29.9 Å². The molecule has 0 atom stereocenters. The summed E-state index contributed by atoms with van der Waals surface area (Å²) >= 11 is 0. The molecule has 1 aromatic rings. The zero-order valence-electron chi connectivity index (χ0n) is 12.6. The number of aromatic nitrogens is 2. The highest BCUT2D eigenvalue weighted by Gasteiger charge is 2.32. The van der Waals surface area contributed by atoms with Gasteiger partial charge < -0.3 is 9.88 Å². The van der Waals surface area contributed by atoms with Crippen molar-refractivity contribution in [2.75, 3.05) is 6.54 Å². The van der Waals surface area contributed by atoms with Crippen molar-refractivity contribution >= 4 is 0 Å². The van der Waals surface area contributed by atoms with E-state index in [9.17, 15) is 0 Å². The van der Waals surface area contributed by atoms with Gasteiger partial charge in [-0.05, 0) is 33.1 Å². The van der Waals surface area contributed by atoms with Gasteiger partial charge in [-0.15, -0.1) is 0 Å². The standard InChI is InChI=1S/C16H27N3/c1-4-16(2,3)19-14-9-10-17-11-13(14)18-15(19)12-7-5-6-8-12/h12,17H,4-11H2,1-3H3. The Labute approximate surface area is 116 Å². The third-order valence-corrected chi connectivity index (χ3v) is 5.10. The minimum absolute atomic E-state index is 0.204. The van der Waals surface area contributed by atoms with Crippen LogP contribution in [0.25, 0.3) is 0 Å². The molecule has 1 aromatic heterocycles. The predicted octanol–water partition coefficient (Wildman–Crippen LogP) is 3.33. The summed E-state index contributed by atoms with van der Waals surface area (Å²) < 4.78 is 2.61. The van der Waals surface area contributed by atoms with Crippen LogP contribution < -0.4 is 5.32 Å². The zero-order valence-corrected chi connectivity index (χ0v) is 12.6. The Bertz CT molecular complexity index is 453. The molecule has 0 aromatic carbocycles. The molecule has 0 saturated heterocycles. The SMILES string of the molecule is CCC(C)(C)n1c(C2CCCC2)nc2c1CCNC2. The van der Waals surface area contributed by atoms with E-state index in [1.807, 2.05) is 0 Å². The molecule has 1 aliphatic carbocycles. The second-order valence-electron chi connectivity index (χ2n) is 6.77. The van der Waals surface area contributed by atoms with Crippen molar-refractivity contribution in [3.63, 3.8) is 0 Å². The lowest BCUT2D eigenvalue weighted by atomic mass is 9.98. The first-order valence-electron chi connectivity index (χ1n) is 7.95. The van der Waals surface area contributed by atoms with Gasteiger partial charge in [0.2, 0.25) is 0 Å². The first kappa shape index (κ1) is 13.2. The first-order valence-corrected chi connectivity index (χ1v) is 7.95.